The zero-order chi connectivity index (χ0) is 20.2. The van der Waals surface area contributed by atoms with Crippen molar-refractivity contribution in [1.29, 1.82) is 0 Å². The minimum Gasteiger partial charge on any atom is -0.493 e. The van der Waals surface area contributed by atoms with E-state index in [0.29, 0.717) is 23.7 Å². The fourth-order valence-corrected chi connectivity index (χ4v) is 6.69. The average Bonchev–Trinajstić information content (AvgIpc) is 3.50. The van der Waals surface area contributed by atoms with E-state index in [9.17, 15) is 9.18 Å². The fourth-order valence-electron chi connectivity index (χ4n) is 6.69. The van der Waals surface area contributed by atoms with Crippen LogP contribution < -0.4 is 10.1 Å². The van der Waals surface area contributed by atoms with Crippen molar-refractivity contribution in [3.05, 3.63) is 29.1 Å². The number of nitrogens with one attached hydrogen (secondary N) is 1. The molecule has 6 rings (SSSR count). The van der Waals surface area contributed by atoms with Crippen LogP contribution in [0.1, 0.15) is 93.5 Å². The van der Waals surface area contributed by atoms with Crippen LogP contribution >= 0.6 is 0 Å². The normalized spacial score (nSPS) is 33.6. The Morgan fingerprint density at radius 1 is 1.17 bits per heavy atom. The lowest BCUT2D eigenvalue weighted by Gasteiger charge is -2.56. The number of hydrogen-bond acceptors (Lipinski definition) is 2. The Morgan fingerprint density at radius 2 is 1.79 bits per heavy atom. The van der Waals surface area contributed by atoms with E-state index in [0.717, 1.165) is 42.6 Å². The molecule has 29 heavy (non-hydrogen) atoms. The van der Waals surface area contributed by atoms with Crippen LogP contribution in [-0.2, 0) is 0 Å². The molecule has 3 nitrogen and oxygen atoms in total. The van der Waals surface area contributed by atoms with Gasteiger partial charge in [0.2, 0.25) is 0 Å². The third kappa shape index (κ3) is 3.80. The lowest BCUT2D eigenvalue weighted by atomic mass is 9.50. The molecule has 158 valence electrons. The highest BCUT2D eigenvalue weighted by molar-refractivity contribution is 5.95. The van der Waals surface area contributed by atoms with Crippen LogP contribution in [0.15, 0.2) is 12.1 Å². The van der Waals surface area contributed by atoms with Gasteiger partial charge in [-0.05, 0) is 100 Å². The first kappa shape index (κ1) is 19.4. The maximum absolute atomic E-state index is 14.9. The second kappa shape index (κ2) is 7.28. The van der Waals surface area contributed by atoms with Gasteiger partial charge in [-0.1, -0.05) is 6.92 Å². The smallest absolute Gasteiger partial charge is 0.254 e. The largest absolute Gasteiger partial charge is 0.493 e. The zero-order valence-corrected chi connectivity index (χ0v) is 17.8. The van der Waals surface area contributed by atoms with E-state index in [1.165, 1.54) is 44.6 Å². The van der Waals surface area contributed by atoms with Crippen molar-refractivity contribution in [3.8, 4) is 5.75 Å². The van der Waals surface area contributed by atoms with E-state index >= 15 is 0 Å². The van der Waals surface area contributed by atoms with Gasteiger partial charge in [-0.15, -0.1) is 0 Å². The summed E-state index contributed by atoms with van der Waals surface area (Å²) in [5.74, 6) is 2.98. The van der Waals surface area contributed by atoms with Gasteiger partial charge in [0.1, 0.15) is 11.6 Å². The van der Waals surface area contributed by atoms with Crippen molar-refractivity contribution in [2.24, 2.45) is 23.2 Å². The molecule has 4 bridgehead atoms. The number of carbonyl (C=O) groups excluding carboxylic acids is 1. The number of carbonyl (C=O) groups is 1. The summed E-state index contributed by atoms with van der Waals surface area (Å²) in [7, 11) is 0. The molecule has 0 unspecified atom stereocenters. The zero-order valence-electron chi connectivity index (χ0n) is 17.8. The van der Waals surface area contributed by atoms with Crippen molar-refractivity contribution >= 4 is 5.91 Å². The minimum absolute atomic E-state index is 0.0401. The summed E-state index contributed by atoms with van der Waals surface area (Å²) in [6.07, 6.45) is 11.1. The van der Waals surface area contributed by atoms with Crippen LogP contribution in [0.4, 0.5) is 4.39 Å². The molecule has 1 atom stereocenters. The molecule has 1 amide bonds. The maximum atomic E-state index is 14.9. The Bertz CT molecular complexity index is 765. The average molecular weight is 400 g/mol. The van der Waals surface area contributed by atoms with Gasteiger partial charge in [0.05, 0.1) is 12.2 Å². The topological polar surface area (TPSA) is 38.3 Å². The highest BCUT2D eigenvalue weighted by Gasteiger charge is 2.51. The summed E-state index contributed by atoms with van der Waals surface area (Å²) in [5, 5.41) is 2.89. The molecular formula is C25H34FNO2. The molecule has 0 radical (unpaired) electrons. The van der Waals surface area contributed by atoms with Gasteiger partial charge in [0.15, 0.2) is 0 Å². The van der Waals surface area contributed by atoms with Gasteiger partial charge in [0, 0.05) is 17.5 Å². The molecule has 5 aliphatic carbocycles. The number of benzene rings is 1. The number of rotatable bonds is 7. The molecule has 1 N–H and O–H groups in total. The van der Waals surface area contributed by atoms with Gasteiger partial charge in [0.25, 0.3) is 5.91 Å². The van der Waals surface area contributed by atoms with E-state index in [4.69, 9.17) is 4.74 Å². The van der Waals surface area contributed by atoms with E-state index < -0.39 is 5.82 Å². The summed E-state index contributed by atoms with van der Waals surface area (Å²) in [5.41, 5.74) is 1.50. The van der Waals surface area contributed by atoms with E-state index in [-0.39, 0.29) is 17.5 Å². The van der Waals surface area contributed by atoms with Crippen LogP contribution in [0.25, 0.3) is 0 Å². The molecule has 0 aromatic heterocycles. The molecule has 5 fully saturated rings. The molecule has 1 aromatic carbocycles. The number of hydrogen-bond donors (Lipinski definition) is 1. The molecule has 1 aromatic rings. The Hall–Kier alpha value is -1.58. The molecule has 0 aliphatic heterocycles. The third-order valence-corrected chi connectivity index (χ3v) is 8.05. The molecule has 0 heterocycles. The van der Waals surface area contributed by atoms with Gasteiger partial charge in [-0.25, -0.2) is 4.39 Å². The molecule has 5 aliphatic rings. The van der Waals surface area contributed by atoms with Crippen molar-refractivity contribution in [3.63, 3.8) is 0 Å². The lowest BCUT2D eigenvalue weighted by molar-refractivity contribution is -0.0747. The predicted octanol–water partition coefficient (Wildman–Crippen LogP) is 5.83. The summed E-state index contributed by atoms with van der Waals surface area (Å²) in [4.78, 5) is 12.5. The highest BCUT2D eigenvalue weighted by atomic mass is 19.1. The highest BCUT2D eigenvalue weighted by Crippen LogP contribution is 2.60. The summed E-state index contributed by atoms with van der Waals surface area (Å²) in [6.45, 7) is 4.67. The van der Waals surface area contributed by atoms with Gasteiger partial charge >= 0.3 is 0 Å². The first-order valence-corrected chi connectivity index (χ1v) is 11.7. The predicted molar refractivity (Wildman–Crippen MR) is 112 cm³/mol. The van der Waals surface area contributed by atoms with Crippen molar-refractivity contribution in [1.82, 2.24) is 5.32 Å². The Morgan fingerprint density at radius 3 is 2.34 bits per heavy atom. The summed E-state index contributed by atoms with van der Waals surface area (Å²) in [6, 6.07) is 3.29. The van der Waals surface area contributed by atoms with Crippen LogP contribution in [0.5, 0.6) is 5.75 Å². The van der Waals surface area contributed by atoms with Crippen molar-refractivity contribution in [2.75, 3.05) is 6.61 Å². The Kier molecular flexibility index (Phi) is 4.87. The van der Waals surface area contributed by atoms with Crippen LogP contribution in [0, 0.1) is 29.0 Å². The molecule has 4 heteroatoms. The fraction of sp³-hybridized carbons (Fsp3) is 0.720. The van der Waals surface area contributed by atoms with Crippen LogP contribution in [0.2, 0.25) is 0 Å². The van der Waals surface area contributed by atoms with E-state index in [2.05, 4.69) is 5.32 Å². The molecule has 0 saturated heterocycles. The summed E-state index contributed by atoms with van der Waals surface area (Å²) < 4.78 is 21.2. The standard InChI is InChI=1S/C25H34FNO2/c1-3-15(2)27-24(28)21-9-20(19-4-5-19)23(10-22(21)26)29-14-25-11-16-6-17(12-25)8-18(7-16)13-25/h9-10,15-19H,3-8,11-14H2,1-2H3,(H,27,28)/t15-,16?,17?,18?,25?/m0/s1. The molecule has 0 spiro atoms. The van der Waals surface area contributed by atoms with Crippen molar-refractivity contribution in [2.45, 2.75) is 83.6 Å². The van der Waals surface area contributed by atoms with Gasteiger partial charge in [-0.2, -0.15) is 0 Å². The first-order valence-electron chi connectivity index (χ1n) is 11.7. The number of halogens is 1. The van der Waals surface area contributed by atoms with Crippen LogP contribution in [-0.4, -0.2) is 18.6 Å². The van der Waals surface area contributed by atoms with Crippen molar-refractivity contribution < 1.29 is 13.9 Å². The van der Waals surface area contributed by atoms with Crippen LogP contribution in [0.3, 0.4) is 0 Å². The monoisotopic (exact) mass is 399 g/mol. The molecule has 5 saturated carbocycles. The first-order chi connectivity index (χ1) is 13.9. The van der Waals surface area contributed by atoms with E-state index in [1.54, 1.807) is 6.07 Å². The Labute approximate surface area is 173 Å². The molecular weight excluding hydrogens is 365 g/mol. The SMILES string of the molecule is CC[C@H](C)NC(=O)c1cc(C2CC2)c(OCC23CC4CC(CC(C4)C2)C3)cc1F. The summed E-state index contributed by atoms with van der Waals surface area (Å²) >= 11 is 0. The Balaban J connectivity index is 1.35. The second-order valence-electron chi connectivity index (χ2n) is 10.6. The lowest BCUT2D eigenvalue weighted by Crippen LogP contribution is -2.48. The third-order valence-electron chi connectivity index (χ3n) is 8.05. The quantitative estimate of drug-likeness (QED) is 0.627. The minimum atomic E-state index is -0.462. The number of amides is 1. The second-order valence-corrected chi connectivity index (χ2v) is 10.6. The van der Waals surface area contributed by atoms with Gasteiger partial charge < -0.3 is 10.1 Å². The number of ether oxygens (including phenoxy) is 1. The van der Waals surface area contributed by atoms with Gasteiger partial charge in [-0.3, -0.25) is 4.79 Å². The maximum Gasteiger partial charge on any atom is 0.254 e. The van der Waals surface area contributed by atoms with E-state index in [1.807, 2.05) is 13.8 Å².